The van der Waals surface area contributed by atoms with Gasteiger partial charge in [0.1, 0.15) is 6.54 Å². The highest BCUT2D eigenvalue weighted by molar-refractivity contribution is 7.92. The van der Waals surface area contributed by atoms with Crippen molar-refractivity contribution in [2.75, 3.05) is 23.7 Å². The number of ketones is 1. The predicted octanol–water partition coefficient (Wildman–Crippen LogP) is 2.40. The van der Waals surface area contributed by atoms with Crippen molar-refractivity contribution in [1.29, 1.82) is 0 Å². The van der Waals surface area contributed by atoms with Crippen LogP contribution >= 0.6 is 0 Å². The average molecular weight is 388 g/mol. The van der Waals surface area contributed by atoms with E-state index in [4.69, 9.17) is 0 Å². The molecule has 7 heteroatoms. The van der Waals surface area contributed by atoms with E-state index in [0.717, 1.165) is 23.4 Å². The zero-order chi connectivity index (χ0) is 19.9. The quantitative estimate of drug-likeness (QED) is 0.528. The van der Waals surface area contributed by atoms with Gasteiger partial charge < -0.3 is 5.32 Å². The topological polar surface area (TPSA) is 83.6 Å². The first-order valence-corrected chi connectivity index (χ1v) is 10.5. The van der Waals surface area contributed by atoms with E-state index >= 15 is 0 Å². The molecular weight excluding hydrogens is 364 g/mol. The Morgan fingerprint density at radius 2 is 1.74 bits per heavy atom. The maximum Gasteiger partial charge on any atom is 0.240 e. The maximum absolute atomic E-state index is 12.2. The average Bonchev–Trinajstić information content (AvgIpc) is 2.63. The van der Waals surface area contributed by atoms with E-state index in [2.05, 4.69) is 5.32 Å². The Morgan fingerprint density at radius 1 is 1.04 bits per heavy atom. The van der Waals surface area contributed by atoms with Gasteiger partial charge in [-0.15, -0.1) is 0 Å². The SMILES string of the molecule is CC(=O)c1cccc(N(CC(=O)NCCCc2ccccc2)S(C)(=O)=O)c1. The lowest BCUT2D eigenvalue weighted by atomic mass is 10.1. The third-order valence-corrected chi connectivity index (χ3v) is 5.18. The third kappa shape index (κ3) is 6.53. The van der Waals surface area contributed by atoms with Crippen LogP contribution in [0.4, 0.5) is 5.69 Å². The van der Waals surface area contributed by atoms with E-state index < -0.39 is 10.0 Å². The van der Waals surface area contributed by atoms with Crippen molar-refractivity contribution in [3.63, 3.8) is 0 Å². The van der Waals surface area contributed by atoms with Gasteiger partial charge in [-0.2, -0.15) is 0 Å². The monoisotopic (exact) mass is 388 g/mol. The molecule has 0 saturated heterocycles. The summed E-state index contributed by atoms with van der Waals surface area (Å²) in [6.45, 7) is 1.54. The minimum absolute atomic E-state index is 0.171. The maximum atomic E-state index is 12.2. The van der Waals surface area contributed by atoms with Gasteiger partial charge in [0.05, 0.1) is 11.9 Å². The minimum Gasteiger partial charge on any atom is -0.355 e. The predicted molar refractivity (Wildman–Crippen MR) is 106 cm³/mol. The second kappa shape index (κ2) is 9.32. The van der Waals surface area contributed by atoms with E-state index in [1.54, 1.807) is 18.2 Å². The van der Waals surface area contributed by atoms with Crippen LogP contribution in [-0.4, -0.2) is 39.5 Å². The van der Waals surface area contributed by atoms with Gasteiger partial charge in [0.15, 0.2) is 5.78 Å². The molecule has 144 valence electrons. The summed E-state index contributed by atoms with van der Waals surface area (Å²) in [5.74, 6) is -0.558. The standard InChI is InChI=1S/C20H24N2O4S/c1-16(23)18-11-6-12-19(14-18)22(27(2,25)26)15-20(24)21-13-7-10-17-8-4-3-5-9-17/h3-6,8-9,11-12,14H,7,10,13,15H2,1-2H3,(H,21,24). The first kappa shape index (κ1) is 20.6. The Hall–Kier alpha value is -2.67. The van der Waals surface area contributed by atoms with Crippen LogP contribution in [0.1, 0.15) is 29.3 Å². The first-order valence-electron chi connectivity index (χ1n) is 8.66. The fourth-order valence-electron chi connectivity index (χ4n) is 2.63. The summed E-state index contributed by atoms with van der Waals surface area (Å²) in [6, 6.07) is 16.2. The summed E-state index contributed by atoms with van der Waals surface area (Å²) in [7, 11) is -3.67. The highest BCUT2D eigenvalue weighted by atomic mass is 32.2. The van der Waals surface area contributed by atoms with Crippen LogP contribution in [0.25, 0.3) is 0 Å². The van der Waals surface area contributed by atoms with Gasteiger partial charge in [0, 0.05) is 12.1 Å². The van der Waals surface area contributed by atoms with Gasteiger partial charge in [-0.25, -0.2) is 8.42 Å². The summed E-state index contributed by atoms with van der Waals surface area (Å²) in [6.07, 6.45) is 2.63. The van der Waals surface area contributed by atoms with Gasteiger partial charge in [0.25, 0.3) is 0 Å². The van der Waals surface area contributed by atoms with E-state index in [1.165, 1.54) is 18.6 Å². The highest BCUT2D eigenvalue weighted by Crippen LogP contribution is 2.19. The van der Waals surface area contributed by atoms with Crippen LogP contribution in [0.2, 0.25) is 0 Å². The lowest BCUT2D eigenvalue weighted by molar-refractivity contribution is -0.119. The highest BCUT2D eigenvalue weighted by Gasteiger charge is 2.21. The Morgan fingerprint density at radius 3 is 2.37 bits per heavy atom. The van der Waals surface area contributed by atoms with Crippen molar-refractivity contribution >= 4 is 27.4 Å². The van der Waals surface area contributed by atoms with E-state index in [-0.39, 0.29) is 18.2 Å². The van der Waals surface area contributed by atoms with Crippen LogP contribution in [0.5, 0.6) is 0 Å². The van der Waals surface area contributed by atoms with Crippen LogP contribution in [0, 0.1) is 0 Å². The number of benzene rings is 2. The molecule has 1 N–H and O–H groups in total. The van der Waals surface area contributed by atoms with Crippen LogP contribution in [0.15, 0.2) is 54.6 Å². The summed E-state index contributed by atoms with van der Waals surface area (Å²) in [5.41, 5.74) is 1.87. The minimum atomic E-state index is -3.67. The molecule has 1 amide bonds. The lowest BCUT2D eigenvalue weighted by Gasteiger charge is -2.22. The molecule has 2 aromatic rings. The molecule has 27 heavy (non-hydrogen) atoms. The molecular formula is C20H24N2O4S. The van der Waals surface area contributed by atoms with Crippen molar-refractivity contribution < 1.29 is 18.0 Å². The third-order valence-electron chi connectivity index (χ3n) is 4.04. The number of anilines is 1. The number of carbonyl (C=O) groups is 2. The van der Waals surface area contributed by atoms with E-state index in [1.807, 2.05) is 30.3 Å². The van der Waals surface area contributed by atoms with Crippen molar-refractivity contribution in [3.05, 3.63) is 65.7 Å². The molecule has 0 aromatic heterocycles. The molecule has 0 aliphatic rings. The summed E-state index contributed by atoms with van der Waals surface area (Å²) in [4.78, 5) is 23.8. The number of sulfonamides is 1. The number of carbonyl (C=O) groups excluding carboxylic acids is 2. The van der Waals surface area contributed by atoms with E-state index in [9.17, 15) is 18.0 Å². The Balaban J connectivity index is 1.96. The number of nitrogens with one attached hydrogen (secondary N) is 1. The smallest absolute Gasteiger partial charge is 0.240 e. The second-order valence-electron chi connectivity index (χ2n) is 6.32. The molecule has 0 aliphatic heterocycles. The first-order chi connectivity index (χ1) is 12.8. The Bertz CT molecular complexity index is 895. The molecule has 2 aromatic carbocycles. The van der Waals surface area contributed by atoms with Crippen LogP contribution < -0.4 is 9.62 Å². The van der Waals surface area contributed by atoms with Gasteiger partial charge in [0.2, 0.25) is 15.9 Å². The second-order valence-corrected chi connectivity index (χ2v) is 8.22. The molecule has 0 unspecified atom stereocenters. The molecule has 0 aliphatic carbocycles. The van der Waals surface area contributed by atoms with Crippen LogP contribution in [-0.2, 0) is 21.2 Å². The van der Waals surface area contributed by atoms with Crippen molar-refractivity contribution in [3.8, 4) is 0 Å². The number of amides is 1. The zero-order valence-corrected chi connectivity index (χ0v) is 16.3. The molecule has 2 rings (SSSR count). The Kier molecular flexibility index (Phi) is 7.12. The van der Waals surface area contributed by atoms with Gasteiger partial charge in [-0.1, -0.05) is 42.5 Å². The summed E-state index contributed by atoms with van der Waals surface area (Å²) < 4.78 is 25.3. The normalized spacial score (nSPS) is 11.0. The number of hydrogen-bond donors (Lipinski definition) is 1. The molecule has 0 fully saturated rings. The number of aryl methyl sites for hydroxylation is 1. The van der Waals surface area contributed by atoms with Gasteiger partial charge in [-0.05, 0) is 37.5 Å². The van der Waals surface area contributed by atoms with Crippen molar-refractivity contribution in [2.45, 2.75) is 19.8 Å². The molecule has 0 atom stereocenters. The number of rotatable bonds is 9. The lowest BCUT2D eigenvalue weighted by Crippen LogP contribution is -2.40. The van der Waals surface area contributed by atoms with E-state index in [0.29, 0.717) is 17.8 Å². The fraction of sp³-hybridized carbons (Fsp3) is 0.300. The summed E-state index contributed by atoms with van der Waals surface area (Å²) >= 11 is 0. The fourth-order valence-corrected chi connectivity index (χ4v) is 3.48. The zero-order valence-electron chi connectivity index (χ0n) is 15.5. The molecule has 0 radical (unpaired) electrons. The molecule has 6 nitrogen and oxygen atoms in total. The molecule has 0 spiro atoms. The van der Waals surface area contributed by atoms with Crippen molar-refractivity contribution in [1.82, 2.24) is 5.32 Å². The van der Waals surface area contributed by atoms with Gasteiger partial charge in [-0.3, -0.25) is 13.9 Å². The number of Topliss-reactive ketones (excluding diaryl/α,β-unsaturated/α-hetero) is 1. The summed E-state index contributed by atoms with van der Waals surface area (Å²) in [5, 5.41) is 2.75. The molecule has 0 bridgehead atoms. The van der Waals surface area contributed by atoms with Gasteiger partial charge >= 0.3 is 0 Å². The van der Waals surface area contributed by atoms with Crippen molar-refractivity contribution in [2.24, 2.45) is 0 Å². The Labute approximate surface area is 160 Å². The largest absolute Gasteiger partial charge is 0.355 e. The molecule has 0 saturated carbocycles. The van der Waals surface area contributed by atoms with Crippen LogP contribution in [0.3, 0.4) is 0 Å². The molecule has 0 heterocycles. The number of hydrogen-bond acceptors (Lipinski definition) is 4. The number of nitrogens with zero attached hydrogens (tertiary/aromatic N) is 1.